The van der Waals surface area contributed by atoms with E-state index in [1.165, 1.54) is 26.5 Å². The molecule has 0 bridgehead atoms. The predicted molar refractivity (Wildman–Crippen MR) is 94.1 cm³/mol. The van der Waals surface area contributed by atoms with Crippen molar-refractivity contribution in [3.63, 3.8) is 0 Å². The molecule has 7 heteroatoms. The third kappa shape index (κ3) is 4.96. The number of benzene rings is 1. The Labute approximate surface area is 138 Å². The molecule has 1 N–H and O–H groups in total. The molecule has 0 aromatic heterocycles. The van der Waals surface area contributed by atoms with Crippen molar-refractivity contribution in [2.45, 2.75) is 13.5 Å². The topological polar surface area (TPSA) is 52.1 Å². The molecule has 1 aromatic rings. The van der Waals surface area contributed by atoms with Crippen molar-refractivity contribution in [2.24, 2.45) is 4.99 Å². The number of nitrogens with one attached hydrogen (secondary N) is 1. The summed E-state index contributed by atoms with van der Waals surface area (Å²) in [7, 11) is 7.09. The van der Waals surface area contributed by atoms with Crippen molar-refractivity contribution < 1.29 is 18.6 Å². The molecule has 0 aliphatic carbocycles. The number of halogens is 1. The van der Waals surface area contributed by atoms with E-state index in [4.69, 9.17) is 14.2 Å². The van der Waals surface area contributed by atoms with Crippen LogP contribution in [0.3, 0.4) is 0 Å². The number of hydrogen-bond acceptors (Lipinski definition) is 5. The van der Waals surface area contributed by atoms with Gasteiger partial charge in [-0.25, -0.2) is 9.38 Å². The average Bonchev–Trinajstić information content (AvgIpc) is 2.57. The van der Waals surface area contributed by atoms with E-state index in [0.717, 1.165) is 0 Å². The summed E-state index contributed by atoms with van der Waals surface area (Å²) in [5.41, 5.74) is 0.339. The molecule has 0 spiro atoms. The summed E-state index contributed by atoms with van der Waals surface area (Å²) in [5, 5.41) is 3.38. The lowest BCUT2D eigenvalue weighted by Gasteiger charge is -2.15. The molecule has 0 aliphatic heterocycles. The molecule has 0 aliphatic rings. The lowest BCUT2D eigenvalue weighted by molar-refractivity contribution is 0.214. The van der Waals surface area contributed by atoms with Crippen LogP contribution in [0.5, 0.6) is 11.5 Å². The highest BCUT2D eigenvalue weighted by molar-refractivity contribution is 7.28. The van der Waals surface area contributed by atoms with Crippen LogP contribution in [-0.2, 0) is 11.3 Å². The lowest BCUT2D eigenvalue weighted by Crippen LogP contribution is -2.12. The lowest BCUT2D eigenvalue weighted by atomic mass is 10.2. The van der Waals surface area contributed by atoms with E-state index in [2.05, 4.69) is 26.1 Å². The van der Waals surface area contributed by atoms with Gasteiger partial charge in [0, 0.05) is 24.0 Å². The second-order valence-electron chi connectivity index (χ2n) is 4.42. The van der Waals surface area contributed by atoms with Crippen molar-refractivity contribution in [3.05, 3.63) is 41.7 Å². The fraction of sp³-hybridized carbons (Fsp3) is 0.312. The number of allylic oxidation sites excluding steroid dienone is 2. The van der Waals surface area contributed by atoms with Gasteiger partial charge in [-0.1, -0.05) is 6.58 Å². The largest absolute Gasteiger partial charge is 0.496 e. The van der Waals surface area contributed by atoms with Crippen molar-refractivity contribution >= 4 is 20.8 Å². The summed E-state index contributed by atoms with van der Waals surface area (Å²) in [6.07, 6.45) is 3.24. The molecule has 1 aromatic carbocycles. The first-order chi connectivity index (χ1) is 11.0. The van der Waals surface area contributed by atoms with E-state index in [1.807, 2.05) is 0 Å². The number of aliphatic imine (C=N–C) groups is 1. The quantitative estimate of drug-likeness (QED) is 0.449. The Balaban J connectivity index is 3.00. The third-order valence-corrected chi connectivity index (χ3v) is 3.71. The zero-order chi connectivity index (χ0) is 17.4. The van der Waals surface area contributed by atoms with Crippen LogP contribution in [0.25, 0.3) is 0 Å². The molecule has 5 nitrogen and oxygen atoms in total. The highest BCUT2D eigenvalue weighted by Gasteiger charge is 2.17. The van der Waals surface area contributed by atoms with E-state index in [1.54, 1.807) is 20.0 Å². The smallest absolute Gasteiger partial charge is 0.172 e. The maximum Gasteiger partial charge on any atom is 0.172 e. The summed E-state index contributed by atoms with van der Waals surface area (Å²) in [5.74, 6) is 1.11. The van der Waals surface area contributed by atoms with E-state index in [-0.39, 0.29) is 12.4 Å². The van der Waals surface area contributed by atoms with Crippen LogP contribution in [0.4, 0.5) is 4.39 Å². The Morgan fingerprint density at radius 3 is 2.57 bits per heavy atom. The minimum Gasteiger partial charge on any atom is -0.496 e. The Kier molecular flexibility index (Phi) is 7.55. The van der Waals surface area contributed by atoms with Gasteiger partial charge in [-0.3, -0.25) is 0 Å². The van der Waals surface area contributed by atoms with Crippen molar-refractivity contribution in [3.8, 4) is 11.5 Å². The maximum atomic E-state index is 14.4. The molecule has 0 saturated heterocycles. The molecule has 0 fully saturated rings. The van der Waals surface area contributed by atoms with Crippen LogP contribution in [0.2, 0.25) is 0 Å². The number of nitrogens with zero attached hydrogens (tertiary/aromatic N) is 1. The van der Waals surface area contributed by atoms with Gasteiger partial charge in [-0.2, -0.15) is 0 Å². The minimum absolute atomic E-state index is 0.00987. The molecule has 23 heavy (non-hydrogen) atoms. The van der Waals surface area contributed by atoms with E-state index >= 15 is 0 Å². The molecule has 1 rings (SSSR count). The van der Waals surface area contributed by atoms with Gasteiger partial charge in [0.25, 0.3) is 0 Å². The van der Waals surface area contributed by atoms with Crippen LogP contribution in [0, 0.1) is 5.82 Å². The minimum atomic E-state index is -0.481. The van der Waals surface area contributed by atoms with E-state index in [0.29, 0.717) is 28.2 Å². The summed E-state index contributed by atoms with van der Waals surface area (Å²) < 4.78 is 30.3. The molecule has 1 unspecified atom stereocenters. The number of ether oxygens (including phenoxy) is 3. The van der Waals surface area contributed by atoms with Gasteiger partial charge < -0.3 is 19.5 Å². The van der Waals surface area contributed by atoms with E-state index < -0.39 is 5.82 Å². The molecule has 0 heterocycles. The third-order valence-electron chi connectivity index (χ3n) is 3.08. The highest BCUT2D eigenvalue weighted by atomic mass is 31.0. The average molecular weight is 340 g/mol. The van der Waals surface area contributed by atoms with Crippen LogP contribution < -0.4 is 20.1 Å². The van der Waals surface area contributed by atoms with Crippen LogP contribution in [0.15, 0.2) is 35.3 Å². The Morgan fingerprint density at radius 1 is 1.39 bits per heavy atom. The first-order valence-electron chi connectivity index (χ1n) is 6.87. The van der Waals surface area contributed by atoms with Gasteiger partial charge in [0.15, 0.2) is 11.6 Å². The Hall–Kier alpha value is -2.07. The molecule has 1 atom stereocenters. The Morgan fingerprint density at radius 2 is 2.04 bits per heavy atom. The molecule has 0 saturated carbocycles. The van der Waals surface area contributed by atoms with Gasteiger partial charge in [0.05, 0.1) is 20.4 Å². The molecular weight excluding hydrogens is 318 g/mol. The van der Waals surface area contributed by atoms with Crippen molar-refractivity contribution in [1.82, 2.24) is 5.32 Å². The molecular formula is C16H22FN2O3P. The van der Waals surface area contributed by atoms with Gasteiger partial charge in [-0.15, -0.1) is 9.24 Å². The zero-order valence-electron chi connectivity index (χ0n) is 13.8. The monoisotopic (exact) mass is 340 g/mol. The van der Waals surface area contributed by atoms with Crippen LogP contribution in [0.1, 0.15) is 12.5 Å². The standard InChI is InChI=1S/C16H22FN2O3P/c1-6-11(8-19-10(2)18-3)22-9-12-15(17)13(20-4)7-14(21-5)16(12)23/h6-8,18H,2,9,23H2,1,3-5H3/b11-6+,19-8-. The summed E-state index contributed by atoms with van der Waals surface area (Å²) >= 11 is 0. The normalized spacial score (nSPS) is 11.5. The number of hydrogen-bond donors (Lipinski definition) is 1. The van der Waals surface area contributed by atoms with Gasteiger partial charge in [0.2, 0.25) is 0 Å². The summed E-state index contributed by atoms with van der Waals surface area (Å²) in [4.78, 5) is 4.07. The SMILES string of the molecule is C=C(/N=C\C(=C/C)OCc1c(F)c(OC)cc(OC)c1P)NC. The number of rotatable bonds is 8. The second kappa shape index (κ2) is 9.16. The van der Waals surface area contributed by atoms with Crippen molar-refractivity contribution in [2.75, 3.05) is 21.3 Å². The van der Waals surface area contributed by atoms with Crippen LogP contribution >= 0.6 is 9.24 Å². The molecule has 0 amide bonds. The molecule has 0 radical (unpaired) electrons. The highest BCUT2D eigenvalue weighted by Crippen LogP contribution is 2.28. The Bertz CT molecular complexity index is 602. The summed E-state index contributed by atoms with van der Waals surface area (Å²) in [6.45, 7) is 5.49. The second-order valence-corrected chi connectivity index (χ2v) is 5.00. The summed E-state index contributed by atoms with van der Waals surface area (Å²) in [6, 6.07) is 1.50. The molecule has 126 valence electrons. The van der Waals surface area contributed by atoms with E-state index in [9.17, 15) is 4.39 Å². The number of methoxy groups -OCH3 is 2. The van der Waals surface area contributed by atoms with Gasteiger partial charge in [-0.05, 0) is 13.0 Å². The fourth-order valence-corrected chi connectivity index (χ4v) is 2.10. The zero-order valence-corrected chi connectivity index (χ0v) is 14.9. The first-order valence-corrected chi connectivity index (χ1v) is 7.44. The predicted octanol–water partition coefficient (Wildman–Crippen LogP) is 2.53. The maximum absolute atomic E-state index is 14.4. The van der Waals surface area contributed by atoms with Gasteiger partial charge in [0.1, 0.15) is 23.9 Å². The first kappa shape index (κ1) is 19.0. The fourth-order valence-electron chi connectivity index (χ4n) is 1.69. The van der Waals surface area contributed by atoms with Gasteiger partial charge >= 0.3 is 0 Å². The van der Waals surface area contributed by atoms with Crippen LogP contribution in [-0.4, -0.2) is 27.5 Å². The van der Waals surface area contributed by atoms with Crippen molar-refractivity contribution in [1.29, 1.82) is 0 Å².